The Morgan fingerprint density at radius 3 is 2.57 bits per heavy atom. The number of likely N-dealkylation sites (tertiary alicyclic amines) is 1. The number of aromatic nitrogens is 4. The molecule has 1 aromatic carbocycles. The van der Waals surface area contributed by atoms with Gasteiger partial charge in [-0.25, -0.2) is 18.4 Å². The van der Waals surface area contributed by atoms with Gasteiger partial charge in [-0.1, -0.05) is 30.3 Å². The fourth-order valence-electron chi connectivity index (χ4n) is 7.40. The molecule has 1 aliphatic heterocycles. The number of imidazole rings is 1. The van der Waals surface area contributed by atoms with Crippen LogP contribution in [0.3, 0.4) is 0 Å². The lowest BCUT2D eigenvalue weighted by atomic mass is 10.1. The predicted octanol–water partition coefficient (Wildman–Crippen LogP) is 4.61. The summed E-state index contributed by atoms with van der Waals surface area (Å²) in [6, 6.07) is 17.2. The van der Waals surface area contributed by atoms with Crippen LogP contribution in [0.2, 0.25) is 0 Å². The van der Waals surface area contributed by atoms with Crippen molar-refractivity contribution in [2.75, 3.05) is 24.9 Å². The zero-order valence-electron chi connectivity index (χ0n) is 29.3. The second-order valence-electron chi connectivity index (χ2n) is 13.1. The fraction of sp³-hybridized carbons (Fsp3) is 0.400. The van der Waals surface area contributed by atoms with Gasteiger partial charge in [0.1, 0.15) is 22.8 Å². The molecule has 3 atom stereocenters. The van der Waals surface area contributed by atoms with E-state index >= 15 is 0 Å². The molecule has 2 N–H and O–H groups in total. The Labute approximate surface area is 278 Å². The first kappa shape index (κ1) is 26.6. The van der Waals surface area contributed by atoms with Crippen molar-refractivity contribution < 1.29 is 22.1 Å². The number of carbonyl (C=O) groups is 1. The van der Waals surface area contributed by atoms with E-state index in [0.29, 0.717) is 63.2 Å². The van der Waals surface area contributed by atoms with Crippen LogP contribution in [0.25, 0.3) is 28.1 Å². The van der Waals surface area contributed by atoms with E-state index in [1.165, 1.54) is 6.07 Å². The van der Waals surface area contributed by atoms with E-state index in [0.717, 1.165) is 42.5 Å². The summed E-state index contributed by atoms with van der Waals surface area (Å²) in [5, 5.41) is 0.718. The van der Waals surface area contributed by atoms with Gasteiger partial charge in [-0.2, -0.15) is 0 Å². The minimum Gasteiger partial charge on any atom is -0.482 e. The van der Waals surface area contributed by atoms with Crippen LogP contribution < -0.4 is 14.8 Å². The number of amides is 1. The minimum atomic E-state index is -4.35. The third-order valence-corrected chi connectivity index (χ3v) is 11.5. The van der Waals surface area contributed by atoms with E-state index in [9.17, 15) is 13.2 Å². The first-order valence-electron chi connectivity index (χ1n) is 17.6. The van der Waals surface area contributed by atoms with Gasteiger partial charge in [-0.15, -0.1) is 0 Å². The zero-order chi connectivity index (χ0) is 35.1. The molecule has 2 aliphatic carbocycles. The second kappa shape index (κ2) is 11.1. The number of hydrogen-bond acceptors (Lipinski definition) is 7. The van der Waals surface area contributed by atoms with Gasteiger partial charge in [-0.05, 0) is 74.3 Å². The highest BCUT2D eigenvalue weighted by atomic mass is 32.2. The highest BCUT2D eigenvalue weighted by molar-refractivity contribution is 7.92. The summed E-state index contributed by atoms with van der Waals surface area (Å²) in [4.78, 5) is 25.4. The Morgan fingerprint density at radius 1 is 1.09 bits per heavy atom. The standard InChI is InChI=1S/C35H39N7O4S/c1-21-33(37-30-16-26(17-31(46-3)42(21)30)35(43)41-19-25-11-13-27(41)32(25)36)28-15-24-12-14-29(38-34(24)40(28)18-22-9-10-22)39(2)47(44,45)20-23-7-5-4-6-8-23/h4-8,12,14-17,22,25,27,32H,9-11,13,18-20,36H2,1-3H3/t25-,27-,32-/m1/s1/i2D3. The van der Waals surface area contributed by atoms with Gasteiger partial charge < -0.3 is 19.9 Å². The first-order chi connectivity index (χ1) is 23.8. The Bertz CT molecular complexity index is 2250. The van der Waals surface area contributed by atoms with Crippen molar-refractivity contribution in [2.24, 2.45) is 17.6 Å². The highest BCUT2D eigenvalue weighted by Crippen LogP contribution is 2.40. The summed E-state index contributed by atoms with van der Waals surface area (Å²) in [6.07, 6.45) is 4.03. The van der Waals surface area contributed by atoms with Gasteiger partial charge in [-0.3, -0.25) is 13.5 Å². The Balaban J connectivity index is 1.22. The molecule has 4 aromatic heterocycles. The van der Waals surface area contributed by atoms with Crippen LogP contribution in [-0.2, 0) is 22.3 Å². The largest absolute Gasteiger partial charge is 0.482 e. The van der Waals surface area contributed by atoms with Crippen LogP contribution in [0.4, 0.5) is 5.82 Å². The number of benzene rings is 1. The van der Waals surface area contributed by atoms with E-state index in [2.05, 4.69) is 0 Å². The highest BCUT2D eigenvalue weighted by Gasteiger charge is 2.47. The summed E-state index contributed by atoms with van der Waals surface area (Å²) < 4.78 is 62.1. The van der Waals surface area contributed by atoms with Crippen molar-refractivity contribution >= 4 is 38.4 Å². The van der Waals surface area contributed by atoms with Crippen molar-refractivity contribution in [3.63, 3.8) is 0 Å². The molecule has 2 saturated carbocycles. The summed E-state index contributed by atoms with van der Waals surface area (Å²) >= 11 is 0. The van der Waals surface area contributed by atoms with E-state index in [-0.39, 0.29) is 23.8 Å². The number of piperidine rings is 1. The molecule has 8 rings (SSSR count). The maximum Gasteiger partial charge on any atom is 0.254 e. The summed E-state index contributed by atoms with van der Waals surface area (Å²) in [7, 11) is -2.78. The predicted molar refractivity (Wildman–Crippen MR) is 181 cm³/mol. The number of carbonyl (C=O) groups excluding carboxylic acids is 1. The molecule has 2 bridgehead atoms. The molecule has 3 aliphatic rings. The number of ether oxygens (including phenoxy) is 1. The monoisotopic (exact) mass is 656 g/mol. The number of aryl methyl sites for hydroxylation is 1. The molecule has 11 nitrogen and oxygen atoms in total. The fourth-order valence-corrected chi connectivity index (χ4v) is 8.53. The van der Waals surface area contributed by atoms with Crippen molar-refractivity contribution in [3.05, 3.63) is 77.5 Å². The SMILES string of the molecule is [2H]C([2H])([2H])N(c1ccc2cc(-c3nc4cc(C(=O)N5C[C@H]6CC[C@@H]5[C@@H]6N)cc(OC)n4c3C)n(CC3CC3)c2n1)S(=O)(=O)Cc1ccccc1. The minimum absolute atomic E-state index is 0.00294. The van der Waals surface area contributed by atoms with E-state index < -0.39 is 22.8 Å². The second-order valence-corrected chi connectivity index (χ2v) is 15.0. The molecule has 5 heterocycles. The average Bonchev–Trinajstić information content (AvgIpc) is 3.48. The number of methoxy groups -OCH3 is 1. The molecule has 47 heavy (non-hydrogen) atoms. The van der Waals surface area contributed by atoms with Gasteiger partial charge >= 0.3 is 0 Å². The summed E-state index contributed by atoms with van der Waals surface area (Å²) in [5.41, 5.74) is 10.6. The van der Waals surface area contributed by atoms with Gasteiger partial charge in [0.15, 0.2) is 5.88 Å². The van der Waals surface area contributed by atoms with Crippen molar-refractivity contribution in [1.82, 2.24) is 23.8 Å². The van der Waals surface area contributed by atoms with Gasteiger partial charge in [0, 0.05) is 53.3 Å². The molecule has 12 heteroatoms. The molecular formula is C35H39N7O4S. The lowest BCUT2D eigenvalue weighted by Crippen LogP contribution is -2.41. The Hall–Kier alpha value is -4.42. The van der Waals surface area contributed by atoms with Crippen LogP contribution >= 0.6 is 0 Å². The number of nitrogens with zero attached hydrogens (tertiary/aromatic N) is 6. The Morgan fingerprint density at radius 2 is 1.89 bits per heavy atom. The van der Waals surface area contributed by atoms with Gasteiger partial charge in [0.05, 0.1) is 24.3 Å². The van der Waals surface area contributed by atoms with E-state index in [4.69, 9.17) is 24.6 Å². The van der Waals surface area contributed by atoms with Crippen LogP contribution in [0.1, 0.15) is 51.4 Å². The van der Waals surface area contributed by atoms with Crippen LogP contribution in [0.15, 0.2) is 60.7 Å². The van der Waals surface area contributed by atoms with Gasteiger partial charge in [0.2, 0.25) is 10.0 Å². The van der Waals surface area contributed by atoms with Crippen molar-refractivity contribution in [2.45, 2.75) is 57.0 Å². The van der Waals surface area contributed by atoms with Crippen LogP contribution in [0, 0.1) is 18.8 Å². The molecule has 3 fully saturated rings. The zero-order valence-corrected chi connectivity index (χ0v) is 27.2. The quantitative estimate of drug-likeness (QED) is 0.246. The molecule has 1 amide bonds. The summed E-state index contributed by atoms with van der Waals surface area (Å²) in [6.45, 7) is 0.183. The lowest BCUT2D eigenvalue weighted by Gasteiger charge is -2.27. The third-order valence-electron chi connectivity index (χ3n) is 10.1. The average molecular weight is 657 g/mol. The molecule has 1 saturated heterocycles. The number of hydrogen-bond donors (Lipinski definition) is 1. The number of pyridine rings is 2. The molecule has 244 valence electrons. The molecule has 0 spiro atoms. The molecule has 5 aromatic rings. The summed E-state index contributed by atoms with van der Waals surface area (Å²) in [5.74, 6) is 0.441. The number of anilines is 1. The molecular weight excluding hydrogens is 614 g/mol. The topological polar surface area (TPSA) is 128 Å². The van der Waals surface area contributed by atoms with Gasteiger partial charge in [0.25, 0.3) is 5.91 Å². The lowest BCUT2D eigenvalue weighted by molar-refractivity contribution is 0.0700. The number of rotatable bonds is 9. The number of fused-ring (bicyclic) bond motifs is 4. The maximum atomic E-state index is 13.8. The van der Waals surface area contributed by atoms with Crippen LogP contribution in [-0.4, -0.2) is 70.9 Å². The normalized spacial score (nSPS) is 22.1. The molecule has 0 radical (unpaired) electrons. The van der Waals surface area contributed by atoms with E-state index in [1.807, 2.05) is 26.9 Å². The smallest absolute Gasteiger partial charge is 0.254 e. The Kier molecular flexibility index (Phi) is 6.28. The van der Waals surface area contributed by atoms with Crippen molar-refractivity contribution in [1.29, 1.82) is 0 Å². The molecule has 0 unspecified atom stereocenters. The van der Waals surface area contributed by atoms with Crippen molar-refractivity contribution in [3.8, 4) is 17.3 Å². The maximum absolute atomic E-state index is 13.8. The van der Waals surface area contributed by atoms with E-state index in [1.54, 1.807) is 55.6 Å². The van der Waals surface area contributed by atoms with Crippen LogP contribution in [0.5, 0.6) is 5.88 Å². The third kappa shape index (κ3) is 5.05. The number of sulfonamides is 1. The number of nitrogens with two attached hydrogens (primary N) is 1. The first-order valence-corrected chi connectivity index (χ1v) is 17.7.